The number of nitrogens with zero attached hydrogens (tertiary/aromatic N) is 2. The Balaban J connectivity index is 1.74. The van der Waals surface area contributed by atoms with Gasteiger partial charge in [-0.25, -0.2) is 17.8 Å². The van der Waals surface area contributed by atoms with E-state index in [1.807, 2.05) is 101 Å². The predicted molar refractivity (Wildman–Crippen MR) is 133 cm³/mol. The van der Waals surface area contributed by atoms with Crippen molar-refractivity contribution < 1.29 is 8.42 Å². The third kappa shape index (κ3) is 4.36. The molecule has 0 aliphatic heterocycles. The minimum Gasteiger partial charge on any atom is -0.240 e. The molecule has 0 aliphatic carbocycles. The summed E-state index contributed by atoms with van der Waals surface area (Å²) in [5.74, 6) is 0. The van der Waals surface area contributed by atoms with Crippen molar-refractivity contribution in [1.82, 2.24) is 14.5 Å². The Bertz CT molecular complexity index is 1380. The molecule has 0 fully saturated rings. The summed E-state index contributed by atoms with van der Waals surface area (Å²) in [6.07, 6.45) is 1.89. The number of nitrogens with one attached hydrogen (secondary N) is 1. The van der Waals surface area contributed by atoms with Crippen LogP contribution < -0.4 is 4.72 Å². The van der Waals surface area contributed by atoms with Gasteiger partial charge in [-0.3, -0.25) is 0 Å². The average Bonchev–Trinajstić information content (AvgIpc) is 3.26. The molecule has 0 atom stereocenters. The molecule has 0 bridgehead atoms. The van der Waals surface area contributed by atoms with Crippen molar-refractivity contribution in [3.05, 3.63) is 100 Å². The fourth-order valence-corrected chi connectivity index (χ4v) is 5.81. The second kappa shape index (κ2) is 8.96. The molecule has 0 unspecified atom stereocenters. The zero-order valence-corrected chi connectivity index (χ0v) is 20.5. The van der Waals surface area contributed by atoms with Gasteiger partial charge >= 0.3 is 0 Å². The normalized spacial score (nSPS) is 11.7. The monoisotopic (exact) mass is 459 g/mol. The third-order valence-corrected chi connectivity index (χ3v) is 8.18. The minimum absolute atomic E-state index is 0.143. The Kier molecular flexibility index (Phi) is 6.23. The summed E-state index contributed by atoms with van der Waals surface area (Å²) in [5.41, 5.74) is 8.19. The number of rotatable bonds is 6. The second-order valence-corrected chi connectivity index (χ2v) is 10.1. The van der Waals surface area contributed by atoms with Crippen LogP contribution >= 0.6 is 0 Å². The Hall–Kier alpha value is -3.22. The molecule has 5 nitrogen and oxygen atoms in total. The van der Waals surface area contributed by atoms with Gasteiger partial charge in [-0.05, 0) is 74.6 Å². The van der Waals surface area contributed by atoms with E-state index in [-0.39, 0.29) is 6.54 Å². The molecule has 0 saturated carbocycles. The third-order valence-electron chi connectivity index (χ3n) is 6.51. The van der Waals surface area contributed by atoms with Gasteiger partial charge in [-0.2, -0.15) is 5.10 Å². The molecule has 3 aromatic carbocycles. The van der Waals surface area contributed by atoms with Crippen LogP contribution in [0.2, 0.25) is 0 Å². The summed E-state index contributed by atoms with van der Waals surface area (Å²) in [4.78, 5) is 0.375. The lowest BCUT2D eigenvalue weighted by Gasteiger charge is -2.19. The first-order valence-corrected chi connectivity index (χ1v) is 12.4. The maximum absolute atomic E-state index is 13.4. The van der Waals surface area contributed by atoms with Crippen LogP contribution in [0, 0.1) is 34.6 Å². The molecular formula is C27H29N3O2S. The molecule has 0 aliphatic rings. The van der Waals surface area contributed by atoms with Gasteiger partial charge < -0.3 is 0 Å². The number of hydrogen-bond acceptors (Lipinski definition) is 3. The summed E-state index contributed by atoms with van der Waals surface area (Å²) in [6, 6.07) is 19.6. The highest BCUT2D eigenvalue weighted by Crippen LogP contribution is 2.30. The van der Waals surface area contributed by atoms with Gasteiger partial charge in [-0.1, -0.05) is 48.5 Å². The predicted octanol–water partition coefficient (Wildman–Crippen LogP) is 5.56. The van der Waals surface area contributed by atoms with Crippen LogP contribution in [0.1, 0.15) is 33.4 Å². The van der Waals surface area contributed by atoms with Crippen molar-refractivity contribution >= 4 is 10.0 Å². The molecule has 1 aromatic heterocycles. The van der Waals surface area contributed by atoms with E-state index >= 15 is 0 Å². The first kappa shape index (κ1) is 23.0. The highest BCUT2D eigenvalue weighted by atomic mass is 32.2. The van der Waals surface area contributed by atoms with Crippen LogP contribution in [0.25, 0.3) is 16.9 Å². The maximum Gasteiger partial charge on any atom is 0.241 e. The van der Waals surface area contributed by atoms with Crippen LogP contribution in [-0.4, -0.2) is 18.2 Å². The highest BCUT2D eigenvalue weighted by molar-refractivity contribution is 7.89. The van der Waals surface area contributed by atoms with Gasteiger partial charge in [0.05, 0.1) is 16.3 Å². The molecule has 0 radical (unpaired) electrons. The van der Waals surface area contributed by atoms with Crippen molar-refractivity contribution in [3.8, 4) is 16.9 Å². The SMILES string of the molecule is Cc1c(C)c(C)c(S(=O)(=O)NCc2cn(-c3ccccc3)nc2-c2ccccc2)c(C)c1C. The summed E-state index contributed by atoms with van der Waals surface area (Å²) in [6.45, 7) is 9.90. The lowest BCUT2D eigenvalue weighted by atomic mass is 9.95. The van der Waals surface area contributed by atoms with Crippen molar-refractivity contribution in [2.24, 2.45) is 0 Å². The van der Waals surface area contributed by atoms with Gasteiger partial charge in [0.1, 0.15) is 0 Å². The summed E-state index contributed by atoms with van der Waals surface area (Å²) in [5, 5.41) is 4.78. The van der Waals surface area contributed by atoms with Crippen LogP contribution in [-0.2, 0) is 16.6 Å². The fraction of sp³-hybridized carbons (Fsp3) is 0.222. The zero-order chi connectivity index (χ0) is 23.8. The molecule has 0 spiro atoms. The quantitative estimate of drug-likeness (QED) is 0.411. The fourth-order valence-electron chi connectivity index (χ4n) is 4.20. The van der Waals surface area contributed by atoms with Gasteiger partial charge in [0, 0.05) is 23.9 Å². The Labute approximate surface area is 196 Å². The maximum atomic E-state index is 13.4. The van der Waals surface area contributed by atoms with Crippen LogP contribution in [0.4, 0.5) is 0 Å². The highest BCUT2D eigenvalue weighted by Gasteiger charge is 2.24. The molecular weight excluding hydrogens is 430 g/mol. The van der Waals surface area contributed by atoms with Gasteiger partial charge in [0.2, 0.25) is 10.0 Å². The lowest BCUT2D eigenvalue weighted by molar-refractivity contribution is 0.579. The largest absolute Gasteiger partial charge is 0.241 e. The van der Waals surface area contributed by atoms with E-state index < -0.39 is 10.0 Å². The number of para-hydroxylation sites is 1. The second-order valence-electron chi connectivity index (χ2n) is 8.43. The number of benzene rings is 3. The molecule has 1 heterocycles. The summed E-state index contributed by atoms with van der Waals surface area (Å²) >= 11 is 0. The molecule has 4 aromatic rings. The smallest absolute Gasteiger partial charge is 0.240 e. The van der Waals surface area contributed by atoms with Crippen LogP contribution in [0.5, 0.6) is 0 Å². The minimum atomic E-state index is -3.72. The Morgan fingerprint density at radius 3 is 1.85 bits per heavy atom. The molecule has 1 N–H and O–H groups in total. The van der Waals surface area contributed by atoms with E-state index in [1.54, 1.807) is 4.68 Å². The van der Waals surface area contributed by atoms with Gasteiger partial charge in [-0.15, -0.1) is 0 Å². The standard InChI is InChI=1S/C27H29N3O2S/c1-18-19(2)21(4)27(22(5)20(18)3)33(31,32)28-16-24-17-30(25-14-10-7-11-15-25)29-26(24)23-12-8-6-9-13-23/h6-15,17,28H,16H2,1-5H3. The Morgan fingerprint density at radius 2 is 1.27 bits per heavy atom. The van der Waals surface area contributed by atoms with Crippen LogP contribution in [0.3, 0.4) is 0 Å². The zero-order valence-electron chi connectivity index (χ0n) is 19.7. The molecule has 4 rings (SSSR count). The van der Waals surface area contributed by atoms with Gasteiger partial charge in [0.15, 0.2) is 0 Å². The molecule has 6 heteroatoms. The summed E-state index contributed by atoms with van der Waals surface area (Å²) in [7, 11) is -3.72. The molecule has 33 heavy (non-hydrogen) atoms. The first-order chi connectivity index (χ1) is 15.7. The average molecular weight is 460 g/mol. The van der Waals surface area contributed by atoms with Crippen molar-refractivity contribution in [2.75, 3.05) is 0 Å². The topological polar surface area (TPSA) is 64.0 Å². The van der Waals surface area contributed by atoms with Gasteiger partial charge in [0.25, 0.3) is 0 Å². The number of aromatic nitrogens is 2. The first-order valence-electron chi connectivity index (χ1n) is 11.0. The Morgan fingerprint density at radius 1 is 0.758 bits per heavy atom. The van der Waals surface area contributed by atoms with Crippen molar-refractivity contribution in [3.63, 3.8) is 0 Å². The molecule has 0 saturated heterocycles. The van der Waals surface area contributed by atoms with Crippen molar-refractivity contribution in [1.29, 1.82) is 0 Å². The van der Waals surface area contributed by atoms with E-state index in [4.69, 9.17) is 5.10 Å². The molecule has 0 amide bonds. The van der Waals surface area contributed by atoms with E-state index in [0.29, 0.717) is 4.90 Å². The van der Waals surface area contributed by atoms with E-state index in [0.717, 1.165) is 50.3 Å². The van der Waals surface area contributed by atoms with Crippen LogP contribution in [0.15, 0.2) is 71.8 Å². The van der Waals surface area contributed by atoms with E-state index in [1.165, 1.54) is 0 Å². The van der Waals surface area contributed by atoms with E-state index in [2.05, 4.69) is 4.72 Å². The number of hydrogen-bond donors (Lipinski definition) is 1. The lowest BCUT2D eigenvalue weighted by Crippen LogP contribution is -2.26. The van der Waals surface area contributed by atoms with E-state index in [9.17, 15) is 8.42 Å². The van der Waals surface area contributed by atoms with Crippen molar-refractivity contribution in [2.45, 2.75) is 46.1 Å². The molecule has 170 valence electrons. The number of sulfonamides is 1. The summed E-state index contributed by atoms with van der Waals surface area (Å²) < 4.78 is 31.5.